The molecule has 9 rings (SSSR count). The summed E-state index contributed by atoms with van der Waals surface area (Å²) >= 11 is 0. The van der Waals surface area contributed by atoms with Gasteiger partial charge in [0, 0.05) is 33.0 Å². The minimum absolute atomic E-state index is 0.574. The highest BCUT2D eigenvalue weighted by Gasteiger charge is 2.20. The molecule has 0 aliphatic heterocycles. The molecule has 0 bridgehead atoms. The third-order valence-corrected chi connectivity index (χ3v) is 8.50. The van der Waals surface area contributed by atoms with Crippen molar-refractivity contribution in [1.82, 2.24) is 29.5 Å². The molecule has 0 spiro atoms. The summed E-state index contributed by atoms with van der Waals surface area (Å²) in [5, 5.41) is 2.37. The molecule has 0 N–H and O–H groups in total. The van der Waals surface area contributed by atoms with Crippen LogP contribution < -0.4 is 0 Å². The molecule has 3 heterocycles. The Balaban J connectivity index is 1.35. The van der Waals surface area contributed by atoms with Crippen LogP contribution in [0, 0.1) is 0 Å². The minimum Gasteiger partial charge on any atom is -0.309 e. The summed E-state index contributed by atoms with van der Waals surface area (Å²) < 4.78 is 2.31. The number of fused-ring (bicyclic) bond motifs is 4. The van der Waals surface area contributed by atoms with E-state index in [4.69, 9.17) is 24.9 Å². The maximum absolute atomic E-state index is 5.14. The van der Waals surface area contributed by atoms with Crippen LogP contribution in [-0.4, -0.2) is 29.5 Å². The molecule has 47 heavy (non-hydrogen) atoms. The van der Waals surface area contributed by atoms with E-state index in [9.17, 15) is 0 Å². The molecule has 0 aliphatic rings. The SMILES string of the molecule is c1ccc(-c2nc(-c3ccccc3)nc(-c3cc(-c4cnc5ccccc5n4)ccc3-n3c4ccccc4c4ccccc43)n2)cc1. The van der Waals surface area contributed by atoms with E-state index < -0.39 is 0 Å². The predicted molar refractivity (Wildman–Crippen MR) is 189 cm³/mol. The van der Waals surface area contributed by atoms with Gasteiger partial charge in [0.15, 0.2) is 17.5 Å². The number of para-hydroxylation sites is 4. The topological polar surface area (TPSA) is 69.4 Å². The van der Waals surface area contributed by atoms with Crippen molar-refractivity contribution in [3.8, 4) is 51.1 Å². The smallest absolute Gasteiger partial charge is 0.166 e. The Hall–Kier alpha value is -6.53. The van der Waals surface area contributed by atoms with Crippen LogP contribution in [-0.2, 0) is 0 Å². The van der Waals surface area contributed by atoms with E-state index >= 15 is 0 Å². The van der Waals surface area contributed by atoms with E-state index in [1.165, 1.54) is 10.8 Å². The number of benzene rings is 6. The van der Waals surface area contributed by atoms with E-state index in [-0.39, 0.29) is 0 Å². The van der Waals surface area contributed by atoms with Crippen molar-refractivity contribution in [3.63, 3.8) is 0 Å². The van der Waals surface area contributed by atoms with Gasteiger partial charge in [-0.15, -0.1) is 0 Å². The number of rotatable bonds is 5. The molecule has 220 valence electrons. The van der Waals surface area contributed by atoms with Crippen LogP contribution in [0.2, 0.25) is 0 Å². The summed E-state index contributed by atoms with van der Waals surface area (Å²) in [6, 6.07) is 51.5. The van der Waals surface area contributed by atoms with Crippen molar-refractivity contribution in [1.29, 1.82) is 0 Å². The number of hydrogen-bond acceptors (Lipinski definition) is 5. The van der Waals surface area contributed by atoms with Crippen molar-refractivity contribution >= 4 is 32.8 Å². The summed E-state index contributed by atoms with van der Waals surface area (Å²) in [4.78, 5) is 24.9. The lowest BCUT2D eigenvalue weighted by Crippen LogP contribution is -2.04. The molecule has 0 radical (unpaired) electrons. The summed E-state index contributed by atoms with van der Waals surface area (Å²) in [7, 11) is 0. The van der Waals surface area contributed by atoms with Crippen LogP contribution in [0.15, 0.2) is 158 Å². The lowest BCUT2D eigenvalue weighted by Gasteiger charge is -2.16. The van der Waals surface area contributed by atoms with Gasteiger partial charge in [0.25, 0.3) is 0 Å². The van der Waals surface area contributed by atoms with Crippen molar-refractivity contribution in [2.45, 2.75) is 0 Å². The maximum Gasteiger partial charge on any atom is 0.166 e. The molecule has 0 fully saturated rings. The average molecular weight is 603 g/mol. The Morgan fingerprint density at radius 3 is 1.57 bits per heavy atom. The van der Waals surface area contributed by atoms with Gasteiger partial charge in [-0.1, -0.05) is 115 Å². The summed E-state index contributed by atoms with van der Waals surface area (Å²) in [5.74, 6) is 1.79. The Morgan fingerprint density at radius 2 is 0.936 bits per heavy atom. The van der Waals surface area contributed by atoms with E-state index in [0.29, 0.717) is 17.5 Å². The molecule has 9 aromatic rings. The predicted octanol–water partition coefficient (Wildman–Crippen LogP) is 9.58. The lowest BCUT2D eigenvalue weighted by atomic mass is 10.0. The van der Waals surface area contributed by atoms with E-state index in [1.807, 2.05) is 91.1 Å². The van der Waals surface area contributed by atoms with Crippen LogP contribution in [0.1, 0.15) is 0 Å². The minimum atomic E-state index is 0.574. The number of nitrogens with zero attached hydrogens (tertiary/aromatic N) is 6. The molecular weight excluding hydrogens is 576 g/mol. The van der Waals surface area contributed by atoms with Crippen molar-refractivity contribution in [2.75, 3.05) is 0 Å². The fourth-order valence-corrected chi connectivity index (χ4v) is 6.28. The first-order valence-electron chi connectivity index (χ1n) is 15.5. The van der Waals surface area contributed by atoms with E-state index in [2.05, 4.69) is 71.3 Å². The second-order valence-electron chi connectivity index (χ2n) is 11.4. The third kappa shape index (κ3) is 4.71. The Kier molecular flexibility index (Phi) is 6.35. The Morgan fingerprint density at radius 1 is 0.404 bits per heavy atom. The van der Waals surface area contributed by atoms with Crippen LogP contribution >= 0.6 is 0 Å². The van der Waals surface area contributed by atoms with Gasteiger partial charge in [-0.2, -0.15) is 0 Å². The molecule has 0 saturated carbocycles. The maximum atomic E-state index is 5.14. The first-order chi connectivity index (χ1) is 23.3. The zero-order valence-electron chi connectivity index (χ0n) is 25.2. The first kappa shape index (κ1) is 26.8. The summed E-state index contributed by atoms with van der Waals surface area (Å²) in [5.41, 5.74) is 9.27. The zero-order valence-corrected chi connectivity index (χ0v) is 25.2. The zero-order chi connectivity index (χ0) is 31.2. The number of hydrogen-bond donors (Lipinski definition) is 0. The molecule has 6 heteroatoms. The molecule has 6 aromatic carbocycles. The van der Waals surface area contributed by atoms with Gasteiger partial charge in [-0.05, 0) is 36.4 Å². The first-order valence-corrected chi connectivity index (χ1v) is 15.5. The summed E-state index contributed by atoms with van der Waals surface area (Å²) in [6.07, 6.45) is 1.83. The molecule has 0 aliphatic carbocycles. The van der Waals surface area contributed by atoms with Gasteiger partial charge < -0.3 is 4.57 Å². The molecule has 0 atom stereocenters. The summed E-state index contributed by atoms with van der Waals surface area (Å²) in [6.45, 7) is 0. The monoisotopic (exact) mass is 602 g/mol. The molecule has 0 saturated heterocycles. The molecule has 0 unspecified atom stereocenters. The Labute approximate surface area is 270 Å². The highest BCUT2D eigenvalue weighted by Crippen LogP contribution is 2.38. The van der Waals surface area contributed by atoms with E-state index in [1.54, 1.807) is 0 Å². The number of aromatic nitrogens is 6. The molecule has 3 aromatic heterocycles. The Bertz CT molecular complexity index is 2460. The highest BCUT2D eigenvalue weighted by atomic mass is 15.1. The highest BCUT2D eigenvalue weighted by molar-refractivity contribution is 6.09. The standard InChI is InChI=1S/C41H26N6/c1-3-13-27(14-4-1)39-44-40(28-15-5-2-6-16-28)46-41(45-39)32-25-29(35-26-42-33-19-9-10-20-34(33)43-35)23-24-38(32)47-36-21-11-7-17-30(36)31-18-8-12-22-37(31)47/h1-26H. The van der Waals surface area contributed by atoms with Gasteiger partial charge in [-0.25, -0.2) is 19.9 Å². The normalized spacial score (nSPS) is 11.4. The van der Waals surface area contributed by atoms with Crippen LogP contribution in [0.4, 0.5) is 0 Å². The van der Waals surface area contributed by atoms with E-state index in [0.717, 1.165) is 55.7 Å². The van der Waals surface area contributed by atoms with Crippen molar-refractivity contribution in [3.05, 3.63) is 158 Å². The van der Waals surface area contributed by atoms with Crippen LogP contribution in [0.25, 0.3) is 83.9 Å². The van der Waals surface area contributed by atoms with Crippen molar-refractivity contribution < 1.29 is 0 Å². The van der Waals surface area contributed by atoms with Gasteiger partial charge in [-0.3, -0.25) is 4.98 Å². The van der Waals surface area contributed by atoms with Gasteiger partial charge in [0.2, 0.25) is 0 Å². The largest absolute Gasteiger partial charge is 0.309 e. The van der Waals surface area contributed by atoms with Crippen molar-refractivity contribution in [2.24, 2.45) is 0 Å². The second kappa shape index (κ2) is 11.1. The molecular formula is C41H26N6. The lowest BCUT2D eigenvalue weighted by molar-refractivity contribution is 1.06. The van der Waals surface area contributed by atoms with Crippen LogP contribution in [0.5, 0.6) is 0 Å². The van der Waals surface area contributed by atoms with Crippen LogP contribution in [0.3, 0.4) is 0 Å². The van der Waals surface area contributed by atoms with Gasteiger partial charge in [0.05, 0.1) is 39.6 Å². The average Bonchev–Trinajstić information content (AvgIpc) is 3.49. The van der Waals surface area contributed by atoms with Gasteiger partial charge in [0.1, 0.15) is 0 Å². The molecule has 0 amide bonds. The fraction of sp³-hybridized carbons (Fsp3) is 0. The quantitative estimate of drug-likeness (QED) is 0.196. The molecule has 6 nitrogen and oxygen atoms in total. The third-order valence-electron chi connectivity index (χ3n) is 8.50. The van der Waals surface area contributed by atoms with Gasteiger partial charge >= 0.3 is 0 Å². The second-order valence-corrected chi connectivity index (χ2v) is 11.4. The fourth-order valence-electron chi connectivity index (χ4n) is 6.28.